The van der Waals surface area contributed by atoms with Gasteiger partial charge in [0.2, 0.25) is 5.91 Å². The van der Waals surface area contributed by atoms with Crippen LogP contribution in [-0.2, 0) is 9.53 Å². The van der Waals surface area contributed by atoms with Crippen LogP contribution in [0.5, 0.6) is 0 Å². The van der Waals surface area contributed by atoms with Crippen molar-refractivity contribution < 1.29 is 14.6 Å². The van der Waals surface area contributed by atoms with Gasteiger partial charge in [-0.1, -0.05) is 6.92 Å². The fourth-order valence-corrected chi connectivity index (χ4v) is 1.10. The van der Waals surface area contributed by atoms with E-state index in [4.69, 9.17) is 10.00 Å². The first kappa shape index (κ1) is 13.9. The van der Waals surface area contributed by atoms with Crippen molar-refractivity contribution in [3.63, 3.8) is 0 Å². The molecule has 0 aromatic carbocycles. The zero-order valence-corrected chi connectivity index (χ0v) is 9.19. The van der Waals surface area contributed by atoms with Crippen molar-refractivity contribution in [1.82, 2.24) is 5.32 Å². The van der Waals surface area contributed by atoms with Gasteiger partial charge in [0.1, 0.15) is 5.92 Å². The number of carbonyl (C=O) groups excluding carboxylic acids is 1. The Morgan fingerprint density at radius 2 is 2.33 bits per heavy atom. The molecule has 2 unspecified atom stereocenters. The molecule has 0 aromatic rings. The monoisotopic (exact) mass is 214 g/mol. The van der Waals surface area contributed by atoms with Crippen molar-refractivity contribution in [2.75, 3.05) is 20.3 Å². The first-order chi connectivity index (χ1) is 7.15. The van der Waals surface area contributed by atoms with Crippen LogP contribution in [0.1, 0.15) is 19.8 Å². The van der Waals surface area contributed by atoms with E-state index in [9.17, 15) is 9.90 Å². The molecular formula is C10H18N2O3. The number of ether oxygens (including phenoxy) is 1. The topological polar surface area (TPSA) is 82.4 Å². The Morgan fingerprint density at radius 3 is 2.80 bits per heavy atom. The minimum absolute atomic E-state index is 0.255. The number of nitrogens with zero attached hydrogens (tertiary/aromatic N) is 1. The number of rotatable bonds is 7. The molecule has 0 spiro atoms. The Balaban J connectivity index is 3.68. The van der Waals surface area contributed by atoms with Crippen molar-refractivity contribution in [2.24, 2.45) is 5.92 Å². The summed E-state index contributed by atoms with van der Waals surface area (Å²) < 4.78 is 4.74. The van der Waals surface area contributed by atoms with E-state index < -0.39 is 12.0 Å². The molecule has 0 saturated carbocycles. The molecule has 0 fully saturated rings. The maximum atomic E-state index is 11.3. The van der Waals surface area contributed by atoms with Crippen LogP contribution in [0.3, 0.4) is 0 Å². The second-order valence-electron chi connectivity index (χ2n) is 3.28. The largest absolute Gasteiger partial charge is 0.391 e. The van der Waals surface area contributed by atoms with E-state index >= 15 is 0 Å². The lowest BCUT2D eigenvalue weighted by molar-refractivity contribution is -0.123. The average molecular weight is 214 g/mol. The quantitative estimate of drug-likeness (QED) is 0.627. The van der Waals surface area contributed by atoms with Gasteiger partial charge in [-0.25, -0.2) is 0 Å². The number of nitrogens with one attached hydrogen (secondary N) is 1. The molecule has 0 bridgehead atoms. The van der Waals surface area contributed by atoms with Gasteiger partial charge in [0.25, 0.3) is 0 Å². The van der Waals surface area contributed by atoms with Gasteiger partial charge in [0.15, 0.2) is 0 Å². The highest BCUT2D eigenvalue weighted by Crippen LogP contribution is 2.00. The second-order valence-corrected chi connectivity index (χ2v) is 3.28. The molecule has 86 valence electrons. The summed E-state index contributed by atoms with van der Waals surface area (Å²) >= 11 is 0. The van der Waals surface area contributed by atoms with E-state index in [-0.39, 0.29) is 12.5 Å². The Labute approximate surface area is 90.0 Å². The van der Waals surface area contributed by atoms with Gasteiger partial charge in [0.05, 0.1) is 18.8 Å². The maximum Gasteiger partial charge on any atom is 0.237 e. The zero-order valence-electron chi connectivity index (χ0n) is 9.19. The summed E-state index contributed by atoms with van der Waals surface area (Å²) in [6, 6.07) is 1.92. The van der Waals surface area contributed by atoms with Crippen LogP contribution in [0.25, 0.3) is 0 Å². The SMILES string of the molecule is CCC(C#N)C(=O)NCCC(O)COC. The molecule has 15 heavy (non-hydrogen) atoms. The second kappa shape index (κ2) is 8.21. The number of nitriles is 1. The van der Waals surface area contributed by atoms with Gasteiger partial charge in [0, 0.05) is 13.7 Å². The van der Waals surface area contributed by atoms with E-state index in [2.05, 4.69) is 5.32 Å². The molecule has 0 aromatic heterocycles. The van der Waals surface area contributed by atoms with Crippen LogP contribution in [0.15, 0.2) is 0 Å². The predicted molar refractivity (Wildman–Crippen MR) is 54.9 cm³/mol. The van der Waals surface area contributed by atoms with E-state index in [1.54, 1.807) is 6.92 Å². The average Bonchev–Trinajstić information content (AvgIpc) is 2.20. The molecule has 0 saturated heterocycles. The number of methoxy groups -OCH3 is 1. The van der Waals surface area contributed by atoms with E-state index in [1.165, 1.54) is 7.11 Å². The Morgan fingerprint density at radius 1 is 1.67 bits per heavy atom. The smallest absolute Gasteiger partial charge is 0.237 e. The van der Waals surface area contributed by atoms with Gasteiger partial charge in [-0.2, -0.15) is 5.26 Å². The summed E-state index contributed by atoms with van der Waals surface area (Å²) in [5, 5.41) is 20.5. The lowest BCUT2D eigenvalue weighted by atomic mass is 10.1. The van der Waals surface area contributed by atoms with Crippen molar-refractivity contribution in [3.05, 3.63) is 0 Å². The molecule has 1 amide bonds. The lowest BCUT2D eigenvalue weighted by Crippen LogP contribution is -2.32. The molecule has 5 heteroatoms. The Bertz CT molecular complexity index is 225. The van der Waals surface area contributed by atoms with Crippen molar-refractivity contribution in [2.45, 2.75) is 25.9 Å². The summed E-state index contributed by atoms with van der Waals surface area (Å²) in [5.41, 5.74) is 0. The highest BCUT2D eigenvalue weighted by molar-refractivity contribution is 5.80. The lowest BCUT2D eigenvalue weighted by Gasteiger charge is -2.11. The molecule has 2 atom stereocenters. The third kappa shape index (κ3) is 6.05. The van der Waals surface area contributed by atoms with Crippen LogP contribution in [0, 0.1) is 17.2 Å². The maximum absolute atomic E-state index is 11.3. The minimum atomic E-state index is -0.593. The normalized spacial score (nSPS) is 14.0. The van der Waals surface area contributed by atoms with Gasteiger partial charge in [-0.15, -0.1) is 0 Å². The molecule has 5 nitrogen and oxygen atoms in total. The van der Waals surface area contributed by atoms with Crippen LogP contribution in [0.4, 0.5) is 0 Å². The van der Waals surface area contributed by atoms with Crippen molar-refractivity contribution in [1.29, 1.82) is 5.26 Å². The first-order valence-electron chi connectivity index (χ1n) is 5.00. The molecule has 0 aliphatic rings. The summed E-state index contributed by atoms with van der Waals surface area (Å²) in [6.45, 7) is 2.40. The molecule has 0 radical (unpaired) electrons. The first-order valence-corrected chi connectivity index (χ1v) is 5.00. The number of hydrogen-bond acceptors (Lipinski definition) is 4. The van der Waals surface area contributed by atoms with Crippen molar-refractivity contribution >= 4 is 5.91 Å². The molecule has 0 aliphatic carbocycles. The van der Waals surface area contributed by atoms with E-state index in [0.29, 0.717) is 19.4 Å². The summed E-state index contributed by atoms with van der Waals surface area (Å²) in [6.07, 6.45) is 0.363. The van der Waals surface area contributed by atoms with Crippen LogP contribution >= 0.6 is 0 Å². The Hall–Kier alpha value is -1.12. The molecule has 2 N–H and O–H groups in total. The molecule has 0 heterocycles. The highest BCUT2D eigenvalue weighted by atomic mass is 16.5. The number of amides is 1. The van der Waals surface area contributed by atoms with Crippen LogP contribution in [-0.4, -0.2) is 37.4 Å². The predicted octanol–water partition coefficient (Wildman–Crippen LogP) is 0.0498. The van der Waals surface area contributed by atoms with Crippen molar-refractivity contribution in [3.8, 4) is 6.07 Å². The van der Waals surface area contributed by atoms with Gasteiger partial charge >= 0.3 is 0 Å². The molecular weight excluding hydrogens is 196 g/mol. The number of aliphatic hydroxyl groups is 1. The number of aliphatic hydroxyl groups excluding tert-OH is 1. The third-order valence-electron chi connectivity index (χ3n) is 2.02. The van der Waals surface area contributed by atoms with Crippen LogP contribution < -0.4 is 5.32 Å². The number of hydrogen-bond donors (Lipinski definition) is 2. The Kier molecular flexibility index (Phi) is 7.60. The standard InChI is InChI=1S/C10H18N2O3/c1-3-8(6-11)10(14)12-5-4-9(13)7-15-2/h8-9,13H,3-5,7H2,1-2H3,(H,12,14). The fourth-order valence-electron chi connectivity index (χ4n) is 1.10. The molecule has 0 aliphatic heterocycles. The van der Waals surface area contributed by atoms with E-state index in [0.717, 1.165) is 0 Å². The van der Waals surface area contributed by atoms with Gasteiger partial charge < -0.3 is 15.2 Å². The van der Waals surface area contributed by atoms with E-state index in [1.807, 2.05) is 6.07 Å². The zero-order chi connectivity index (χ0) is 11.7. The highest BCUT2D eigenvalue weighted by Gasteiger charge is 2.14. The minimum Gasteiger partial charge on any atom is -0.391 e. The summed E-state index contributed by atoms with van der Waals surface area (Å²) in [4.78, 5) is 11.3. The fraction of sp³-hybridized carbons (Fsp3) is 0.800. The molecule has 0 rings (SSSR count). The van der Waals surface area contributed by atoms with Crippen LogP contribution in [0.2, 0.25) is 0 Å². The third-order valence-corrected chi connectivity index (χ3v) is 2.02. The van der Waals surface area contributed by atoms with Gasteiger partial charge in [-0.05, 0) is 12.8 Å². The summed E-state index contributed by atoms with van der Waals surface area (Å²) in [7, 11) is 1.50. The summed E-state index contributed by atoms with van der Waals surface area (Å²) in [5.74, 6) is -0.866. The number of carbonyl (C=O) groups is 1. The van der Waals surface area contributed by atoms with Gasteiger partial charge in [-0.3, -0.25) is 4.79 Å².